The molecule has 0 saturated carbocycles. The molecule has 0 bridgehead atoms. The number of carbonyl (C=O) groups excluding carboxylic acids is 1. The quantitative estimate of drug-likeness (QED) is 0.621. The van der Waals surface area contributed by atoms with Crippen LogP contribution < -0.4 is 0 Å². The molecule has 1 aromatic carbocycles. The van der Waals surface area contributed by atoms with E-state index in [1.165, 1.54) is 11.1 Å². The summed E-state index contributed by atoms with van der Waals surface area (Å²) in [5, 5.41) is 0. The lowest BCUT2D eigenvalue weighted by Gasteiger charge is -2.32. The molecule has 1 aliphatic heterocycles. The van der Waals surface area contributed by atoms with Crippen molar-refractivity contribution in [1.29, 1.82) is 0 Å². The Bertz CT molecular complexity index is 953. The van der Waals surface area contributed by atoms with E-state index in [2.05, 4.69) is 75.8 Å². The summed E-state index contributed by atoms with van der Waals surface area (Å²) in [6, 6.07) is 12.7. The molecule has 0 N–H and O–H groups in total. The van der Waals surface area contributed by atoms with E-state index in [9.17, 15) is 4.79 Å². The first-order chi connectivity index (χ1) is 12.5. The minimum absolute atomic E-state index is 0.144. The third kappa shape index (κ3) is 3.46. The van der Waals surface area contributed by atoms with Crippen LogP contribution in [-0.4, -0.2) is 53.5 Å². The lowest BCUT2D eigenvalue weighted by molar-refractivity contribution is 0.0654. The zero-order chi connectivity index (χ0) is 18.3. The molecule has 2 aromatic heterocycles. The highest BCUT2D eigenvalue weighted by atomic mass is 79.9. The molecule has 1 fully saturated rings. The number of amides is 1. The third-order valence-corrected chi connectivity index (χ3v) is 6.57. The van der Waals surface area contributed by atoms with Gasteiger partial charge < -0.3 is 14.4 Å². The van der Waals surface area contributed by atoms with E-state index in [0.717, 1.165) is 45.9 Å². The van der Waals surface area contributed by atoms with Crippen LogP contribution in [-0.2, 0) is 6.54 Å². The van der Waals surface area contributed by atoms with Crippen LogP contribution in [0.2, 0.25) is 0 Å². The second-order valence-corrected chi connectivity index (χ2v) is 9.46. The number of hydrogen-bond donors (Lipinski definition) is 0. The number of likely N-dealkylation sites (N-methyl/N-ethyl adjacent to an activating group) is 1. The number of carbonyl (C=O) groups is 1. The summed E-state index contributed by atoms with van der Waals surface area (Å²) in [6.07, 6.45) is 0. The Labute approximate surface area is 166 Å². The maximum absolute atomic E-state index is 13.2. The minimum Gasteiger partial charge on any atom is -0.335 e. The van der Waals surface area contributed by atoms with Crippen LogP contribution in [0.3, 0.4) is 0 Å². The molecule has 1 amide bonds. The van der Waals surface area contributed by atoms with Gasteiger partial charge in [-0.05, 0) is 47.6 Å². The first-order valence-electron chi connectivity index (χ1n) is 8.83. The number of thiophene rings is 1. The van der Waals surface area contributed by atoms with Crippen LogP contribution in [0.4, 0.5) is 0 Å². The van der Waals surface area contributed by atoms with Crippen LogP contribution in [0.5, 0.6) is 0 Å². The van der Waals surface area contributed by atoms with Gasteiger partial charge in [0.05, 0.1) is 14.0 Å². The molecule has 0 spiro atoms. The van der Waals surface area contributed by atoms with Gasteiger partial charge in [-0.3, -0.25) is 4.79 Å². The fraction of sp³-hybridized carbons (Fsp3) is 0.350. The van der Waals surface area contributed by atoms with E-state index in [4.69, 9.17) is 0 Å². The highest BCUT2D eigenvalue weighted by molar-refractivity contribution is 9.11. The summed E-state index contributed by atoms with van der Waals surface area (Å²) in [6.45, 7) is 6.27. The highest BCUT2D eigenvalue weighted by Gasteiger charge is 2.25. The molecule has 4 rings (SSSR count). The zero-order valence-electron chi connectivity index (χ0n) is 15.0. The van der Waals surface area contributed by atoms with Gasteiger partial charge in [0.1, 0.15) is 5.69 Å². The lowest BCUT2D eigenvalue weighted by Crippen LogP contribution is -2.47. The van der Waals surface area contributed by atoms with Crippen molar-refractivity contribution >= 4 is 43.4 Å². The maximum Gasteiger partial charge on any atom is 0.270 e. The molecule has 0 unspecified atom stereocenters. The van der Waals surface area contributed by atoms with Crippen molar-refractivity contribution in [2.24, 2.45) is 0 Å². The number of rotatable bonds is 3. The van der Waals surface area contributed by atoms with Crippen LogP contribution in [0.1, 0.15) is 21.6 Å². The fourth-order valence-corrected chi connectivity index (χ4v) is 5.09. The fourth-order valence-electron chi connectivity index (χ4n) is 3.52. The van der Waals surface area contributed by atoms with Crippen molar-refractivity contribution in [2.45, 2.75) is 13.5 Å². The van der Waals surface area contributed by atoms with Crippen LogP contribution >= 0.6 is 27.3 Å². The van der Waals surface area contributed by atoms with E-state index >= 15 is 0 Å². The van der Waals surface area contributed by atoms with Crippen LogP contribution in [0, 0.1) is 6.92 Å². The molecule has 0 aliphatic carbocycles. The molecule has 6 heteroatoms. The minimum atomic E-state index is 0.144. The molecular formula is C20H22BrN3OS. The summed E-state index contributed by atoms with van der Waals surface area (Å²) in [4.78, 5) is 17.5. The van der Waals surface area contributed by atoms with E-state index in [1.807, 2.05) is 4.90 Å². The molecule has 3 heterocycles. The zero-order valence-corrected chi connectivity index (χ0v) is 17.4. The molecule has 0 atom stereocenters. The Morgan fingerprint density at radius 2 is 1.92 bits per heavy atom. The summed E-state index contributed by atoms with van der Waals surface area (Å²) >= 11 is 5.27. The molecule has 1 aliphatic rings. The van der Waals surface area contributed by atoms with Gasteiger partial charge in [-0.2, -0.15) is 0 Å². The SMILES string of the molecule is Cc1cccc(Cn2c(C(=O)N3CCN(C)CC3)cc3sc(Br)cc32)c1. The van der Waals surface area contributed by atoms with Gasteiger partial charge in [0.2, 0.25) is 0 Å². The number of piperazine rings is 1. The van der Waals surface area contributed by atoms with Crippen molar-refractivity contribution in [3.63, 3.8) is 0 Å². The number of halogens is 1. The van der Waals surface area contributed by atoms with E-state index in [0.29, 0.717) is 6.54 Å². The first kappa shape index (κ1) is 17.8. The number of hydrogen-bond acceptors (Lipinski definition) is 3. The van der Waals surface area contributed by atoms with Crippen molar-refractivity contribution in [1.82, 2.24) is 14.4 Å². The average Bonchev–Trinajstić information content (AvgIpc) is 3.12. The monoisotopic (exact) mass is 431 g/mol. The summed E-state index contributed by atoms with van der Waals surface area (Å²) in [7, 11) is 2.11. The number of nitrogens with zero attached hydrogens (tertiary/aromatic N) is 3. The second-order valence-electron chi connectivity index (χ2n) is 7.00. The van der Waals surface area contributed by atoms with E-state index in [-0.39, 0.29) is 5.91 Å². The van der Waals surface area contributed by atoms with E-state index in [1.54, 1.807) is 11.3 Å². The van der Waals surface area contributed by atoms with E-state index < -0.39 is 0 Å². The van der Waals surface area contributed by atoms with Crippen molar-refractivity contribution in [3.05, 3.63) is 57.0 Å². The van der Waals surface area contributed by atoms with Gasteiger partial charge in [0.15, 0.2) is 0 Å². The maximum atomic E-state index is 13.2. The average molecular weight is 432 g/mol. The Morgan fingerprint density at radius 1 is 1.15 bits per heavy atom. The van der Waals surface area contributed by atoms with Crippen molar-refractivity contribution < 1.29 is 4.79 Å². The summed E-state index contributed by atoms with van der Waals surface area (Å²) in [5.41, 5.74) is 4.38. The lowest BCUT2D eigenvalue weighted by atomic mass is 10.1. The standard InChI is InChI=1S/C20H22BrN3OS/c1-14-4-3-5-15(10-14)13-24-16-12-19(21)26-18(16)11-17(24)20(25)23-8-6-22(2)7-9-23/h3-5,10-12H,6-9,13H2,1-2H3. The highest BCUT2D eigenvalue weighted by Crippen LogP contribution is 2.33. The van der Waals surface area contributed by atoms with Crippen LogP contribution in [0.25, 0.3) is 10.2 Å². The van der Waals surface area contributed by atoms with Crippen molar-refractivity contribution in [3.8, 4) is 0 Å². The molecular weight excluding hydrogens is 410 g/mol. The van der Waals surface area contributed by atoms with Gasteiger partial charge in [0, 0.05) is 32.7 Å². The molecule has 1 saturated heterocycles. The van der Waals surface area contributed by atoms with Gasteiger partial charge in [-0.15, -0.1) is 11.3 Å². The van der Waals surface area contributed by atoms with Gasteiger partial charge in [0.25, 0.3) is 5.91 Å². The van der Waals surface area contributed by atoms with Gasteiger partial charge >= 0.3 is 0 Å². The number of fused-ring (bicyclic) bond motifs is 1. The predicted octanol–water partition coefficient (Wildman–Crippen LogP) is 4.21. The Hall–Kier alpha value is -1.63. The second kappa shape index (κ2) is 7.18. The third-order valence-electron chi connectivity index (χ3n) is 4.99. The normalized spacial score (nSPS) is 15.7. The Kier molecular flexibility index (Phi) is 4.90. The Balaban J connectivity index is 1.72. The van der Waals surface area contributed by atoms with Gasteiger partial charge in [-0.25, -0.2) is 0 Å². The summed E-state index contributed by atoms with van der Waals surface area (Å²) < 4.78 is 4.42. The molecule has 3 aromatic rings. The molecule has 0 radical (unpaired) electrons. The molecule has 136 valence electrons. The molecule has 4 nitrogen and oxygen atoms in total. The predicted molar refractivity (Wildman–Crippen MR) is 111 cm³/mol. The summed E-state index contributed by atoms with van der Waals surface area (Å²) in [5.74, 6) is 0.144. The topological polar surface area (TPSA) is 28.5 Å². The van der Waals surface area contributed by atoms with Crippen molar-refractivity contribution in [2.75, 3.05) is 33.2 Å². The first-order valence-corrected chi connectivity index (χ1v) is 10.4. The molecule has 26 heavy (non-hydrogen) atoms. The smallest absolute Gasteiger partial charge is 0.270 e. The largest absolute Gasteiger partial charge is 0.335 e. The Morgan fingerprint density at radius 3 is 2.65 bits per heavy atom. The van der Waals surface area contributed by atoms with Gasteiger partial charge in [-0.1, -0.05) is 29.8 Å². The number of benzene rings is 1. The number of aryl methyl sites for hydroxylation is 1. The van der Waals surface area contributed by atoms with Crippen LogP contribution in [0.15, 0.2) is 40.2 Å². The number of aromatic nitrogens is 1.